The molecule has 1 heterocycles. The predicted molar refractivity (Wildman–Crippen MR) is 81.5 cm³/mol. The largest absolute Gasteiger partial charge is 0.480 e. The fourth-order valence-corrected chi connectivity index (χ4v) is 2.76. The van der Waals surface area contributed by atoms with Crippen LogP contribution >= 0.6 is 0 Å². The van der Waals surface area contributed by atoms with Crippen molar-refractivity contribution < 1.29 is 14.7 Å². The van der Waals surface area contributed by atoms with E-state index in [1.54, 1.807) is 4.90 Å². The fraction of sp³-hybridized carbons (Fsp3) is 0.500. The number of amides is 2. The molecule has 5 nitrogen and oxygen atoms in total. The number of fused-ring (bicyclic) bond motifs is 1. The first-order valence-electron chi connectivity index (χ1n) is 7.41. The molecule has 2 amide bonds. The topological polar surface area (TPSA) is 69.6 Å². The molecule has 1 aliphatic heterocycles. The number of carboxylic acid groups (broad SMARTS) is 1. The molecule has 0 bridgehead atoms. The molecule has 0 aromatic heterocycles. The number of aliphatic carboxylic acids is 1. The predicted octanol–water partition coefficient (Wildman–Crippen LogP) is 2.65. The Morgan fingerprint density at radius 1 is 1.43 bits per heavy atom. The van der Waals surface area contributed by atoms with Crippen molar-refractivity contribution in [2.24, 2.45) is 5.92 Å². The van der Waals surface area contributed by atoms with Crippen LogP contribution in [0.25, 0.3) is 0 Å². The van der Waals surface area contributed by atoms with Gasteiger partial charge in [0.05, 0.1) is 0 Å². The minimum absolute atomic E-state index is 0.324. The number of nitrogens with one attached hydrogen (secondary N) is 1. The number of para-hydroxylation sites is 1. The number of carboxylic acids is 1. The van der Waals surface area contributed by atoms with Gasteiger partial charge in [-0.05, 0) is 30.4 Å². The standard InChI is InChI=1S/C16H22N2O3/c1-3-6-13(15(19)20)17-16(21)18-10-11(2)9-12-7-4-5-8-14(12)18/h4-5,7-8,11,13H,3,6,9-10H2,1-2H3,(H,17,21)(H,19,20)/t11?,13-/m0/s1. The summed E-state index contributed by atoms with van der Waals surface area (Å²) >= 11 is 0. The molecule has 1 aliphatic rings. The van der Waals surface area contributed by atoms with Gasteiger partial charge < -0.3 is 10.4 Å². The van der Waals surface area contributed by atoms with Crippen LogP contribution < -0.4 is 10.2 Å². The Balaban J connectivity index is 2.17. The number of carbonyl (C=O) groups excluding carboxylic acids is 1. The van der Waals surface area contributed by atoms with E-state index in [1.165, 1.54) is 0 Å². The highest BCUT2D eigenvalue weighted by Crippen LogP contribution is 2.29. The Labute approximate surface area is 125 Å². The van der Waals surface area contributed by atoms with Crippen molar-refractivity contribution in [2.75, 3.05) is 11.4 Å². The quantitative estimate of drug-likeness (QED) is 0.895. The summed E-state index contributed by atoms with van der Waals surface area (Å²) in [7, 11) is 0. The van der Waals surface area contributed by atoms with Crippen molar-refractivity contribution in [1.29, 1.82) is 0 Å². The fourth-order valence-electron chi connectivity index (χ4n) is 2.76. The second kappa shape index (κ2) is 6.61. The summed E-state index contributed by atoms with van der Waals surface area (Å²) in [5.41, 5.74) is 2.02. The molecule has 21 heavy (non-hydrogen) atoms. The lowest BCUT2D eigenvalue weighted by Crippen LogP contribution is -2.50. The van der Waals surface area contributed by atoms with Gasteiger partial charge in [-0.3, -0.25) is 4.90 Å². The van der Waals surface area contributed by atoms with E-state index >= 15 is 0 Å². The molecule has 0 fully saturated rings. The molecule has 0 aliphatic carbocycles. The Kier molecular flexibility index (Phi) is 4.83. The SMILES string of the molecule is CCC[C@H](NC(=O)N1CC(C)Cc2ccccc21)C(=O)O. The highest BCUT2D eigenvalue weighted by atomic mass is 16.4. The van der Waals surface area contributed by atoms with Crippen molar-refractivity contribution in [3.63, 3.8) is 0 Å². The van der Waals surface area contributed by atoms with Crippen LogP contribution in [-0.2, 0) is 11.2 Å². The van der Waals surface area contributed by atoms with Gasteiger partial charge in [0.1, 0.15) is 6.04 Å². The van der Waals surface area contributed by atoms with Crippen molar-refractivity contribution >= 4 is 17.7 Å². The molecule has 114 valence electrons. The monoisotopic (exact) mass is 290 g/mol. The third kappa shape index (κ3) is 3.54. The van der Waals surface area contributed by atoms with Gasteiger partial charge in [0.25, 0.3) is 0 Å². The van der Waals surface area contributed by atoms with Crippen LogP contribution in [0.4, 0.5) is 10.5 Å². The first kappa shape index (κ1) is 15.4. The van der Waals surface area contributed by atoms with Crippen molar-refractivity contribution in [3.05, 3.63) is 29.8 Å². The number of urea groups is 1. The van der Waals surface area contributed by atoms with Gasteiger partial charge in [-0.2, -0.15) is 0 Å². The molecule has 2 atom stereocenters. The zero-order chi connectivity index (χ0) is 15.4. The van der Waals surface area contributed by atoms with Crippen molar-refractivity contribution in [3.8, 4) is 0 Å². The summed E-state index contributed by atoms with van der Waals surface area (Å²) in [6.45, 7) is 4.61. The van der Waals surface area contributed by atoms with Crippen molar-refractivity contribution in [1.82, 2.24) is 5.32 Å². The van der Waals surface area contributed by atoms with E-state index in [0.29, 0.717) is 25.3 Å². The van der Waals surface area contributed by atoms with Crippen LogP contribution in [0, 0.1) is 5.92 Å². The maximum atomic E-state index is 12.4. The van der Waals surface area contributed by atoms with Gasteiger partial charge in [0, 0.05) is 12.2 Å². The van der Waals surface area contributed by atoms with Crippen LogP contribution in [0.15, 0.2) is 24.3 Å². The third-order valence-corrected chi connectivity index (χ3v) is 3.76. The molecule has 1 aromatic carbocycles. The number of hydrogen-bond acceptors (Lipinski definition) is 2. The van der Waals surface area contributed by atoms with Crippen LogP contribution in [0.1, 0.15) is 32.3 Å². The minimum atomic E-state index is -0.983. The van der Waals surface area contributed by atoms with Gasteiger partial charge >= 0.3 is 12.0 Å². The first-order valence-corrected chi connectivity index (χ1v) is 7.41. The Bertz CT molecular complexity index is 530. The van der Waals surface area contributed by atoms with E-state index < -0.39 is 12.0 Å². The van der Waals surface area contributed by atoms with Gasteiger partial charge in [-0.25, -0.2) is 9.59 Å². The average molecular weight is 290 g/mol. The summed E-state index contributed by atoms with van der Waals surface area (Å²) in [5.74, 6) is -0.622. The number of carbonyl (C=O) groups is 2. The lowest BCUT2D eigenvalue weighted by atomic mass is 9.94. The minimum Gasteiger partial charge on any atom is -0.480 e. The van der Waals surface area contributed by atoms with E-state index in [-0.39, 0.29) is 6.03 Å². The molecule has 0 radical (unpaired) electrons. The zero-order valence-electron chi connectivity index (χ0n) is 12.5. The van der Waals surface area contributed by atoms with E-state index in [2.05, 4.69) is 12.2 Å². The molecule has 2 rings (SSSR count). The van der Waals surface area contributed by atoms with Gasteiger partial charge in [0.15, 0.2) is 0 Å². The number of rotatable bonds is 4. The highest BCUT2D eigenvalue weighted by Gasteiger charge is 2.28. The zero-order valence-corrected chi connectivity index (χ0v) is 12.5. The highest BCUT2D eigenvalue weighted by molar-refractivity contribution is 5.95. The molecule has 1 aromatic rings. The number of hydrogen-bond donors (Lipinski definition) is 2. The van der Waals surface area contributed by atoms with Crippen molar-refractivity contribution in [2.45, 2.75) is 39.2 Å². The number of benzene rings is 1. The third-order valence-electron chi connectivity index (χ3n) is 3.76. The van der Waals surface area contributed by atoms with Gasteiger partial charge in [0.2, 0.25) is 0 Å². The molecule has 1 unspecified atom stereocenters. The molecule has 2 N–H and O–H groups in total. The smallest absolute Gasteiger partial charge is 0.326 e. The average Bonchev–Trinajstić information content (AvgIpc) is 2.45. The van der Waals surface area contributed by atoms with Gasteiger partial charge in [-0.1, -0.05) is 38.5 Å². The molecular weight excluding hydrogens is 268 g/mol. The Morgan fingerprint density at radius 2 is 2.14 bits per heavy atom. The number of anilines is 1. The summed E-state index contributed by atoms with van der Waals surface area (Å²) in [6, 6.07) is 6.64. The lowest BCUT2D eigenvalue weighted by Gasteiger charge is -2.33. The van der Waals surface area contributed by atoms with E-state index in [0.717, 1.165) is 17.7 Å². The van der Waals surface area contributed by atoms with E-state index in [9.17, 15) is 9.59 Å². The van der Waals surface area contributed by atoms with Crippen LogP contribution in [0.5, 0.6) is 0 Å². The molecular formula is C16H22N2O3. The maximum Gasteiger partial charge on any atom is 0.326 e. The van der Waals surface area contributed by atoms with E-state index in [4.69, 9.17) is 5.11 Å². The van der Waals surface area contributed by atoms with E-state index in [1.807, 2.05) is 31.2 Å². The first-order chi connectivity index (χ1) is 10.0. The second-order valence-electron chi connectivity index (χ2n) is 5.68. The second-order valence-corrected chi connectivity index (χ2v) is 5.68. The lowest BCUT2D eigenvalue weighted by molar-refractivity contribution is -0.139. The Morgan fingerprint density at radius 3 is 2.81 bits per heavy atom. The molecule has 0 saturated carbocycles. The molecule has 5 heteroatoms. The normalized spacial score (nSPS) is 18.8. The summed E-state index contributed by atoms with van der Waals surface area (Å²) in [6.07, 6.45) is 2.09. The summed E-state index contributed by atoms with van der Waals surface area (Å²) < 4.78 is 0. The van der Waals surface area contributed by atoms with Crippen LogP contribution in [0.3, 0.4) is 0 Å². The molecule has 0 spiro atoms. The summed E-state index contributed by atoms with van der Waals surface area (Å²) in [4.78, 5) is 25.3. The summed E-state index contributed by atoms with van der Waals surface area (Å²) in [5, 5.41) is 11.8. The van der Waals surface area contributed by atoms with Crippen LogP contribution in [0.2, 0.25) is 0 Å². The Hall–Kier alpha value is -2.04. The molecule has 0 saturated heterocycles. The van der Waals surface area contributed by atoms with Gasteiger partial charge in [-0.15, -0.1) is 0 Å². The maximum absolute atomic E-state index is 12.4. The number of nitrogens with zero attached hydrogens (tertiary/aromatic N) is 1. The van der Waals surface area contributed by atoms with Crippen LogP contribution in [-0.4, -0.2) is 29.7 Å².